The second kappa shape index (κ2) is 5.15. The highest BCUT2D eigenvalue weighted by Crippen LogP contribution is 2.36. The SMILES string of the molecule is CN1C(=O)N(C)C2(CCN(c3cnc4ccccc4n3)CC2)C1=O. The standard InChI is InChI=1S/C17H19N5O2/c1-20-15(23)17(21(2)16(20)24)7-9-22(10-8-17)14-11-18-12-5-3-4-6-13(12)19-14/h3-6,11H,7-10H2,1-2H3. The number of amides is 3. The van der Waals surface area contributed by atoms with Gasteiger partial charge in [0.05, 0.1) is 17.2 Å². The second-order valence-electron chi connectivity index (χ2n) is 6.44. The number of imide groups is 1. The summed E-state index contributed by atoms with van der Waals surface area (Å²) in [6, 6.07) is 7.54. The molecule has 0 radical (unpaired) electrons. The van der Waals surface area contributed by atoms with E-state index in [1.54, 1.807) is 25.2 Å². The highest BCUT2D eigenvalue weighted by Gasteiger charge is 2.55. The van der Waals surface area contributed by atoms with Crippen LogP contribution in [0.25, 0.3) is 11.0 Å². The number of carbonyl (C=O) groups is 2. The maximum absolute atomic E-state index is 12.5. The van der Waals surface area contributed by atoms with Crippen molar-refractivity contribution in [2.75, 3.05) is 32.1 Å². The Labute approximate surface area is 139 Å². The van der Waals surface area contributed by atoms with E-state index in [0.29, 0.717) is 25.9 Å². The predicted octanol–water partition coefficient (Wildman–Crippen LogP) is 1.49. The van der Waals surface area contributed by atoms with Gasteiger partial charge in [0.25, 0.3) is 5.91 Å². The molecule has 7 heteroatoms. The van der Waals surface area contributed by atoms with E-state index in [1.807, 2.05) is 24.3 Å². The van der Waals surface area contributed by atoms with Crippen molar-refractivity contribution in [3.05, 3.63) is 30.5 Å². The number of fused-ring (bicyclic) bond motifs is 1. The number of para-hydroxylation sites is 2. The van der Waals surface area contributed by atoms with Crippen LogP contribution in [0.4, 0.5) is 10.6 Å². The van der Waals surface area contributed by atoms with Gasteiger partial charge in [-0.05, 0) is 25.0 Å². The lowest BCUT2D eigenvalue weighted by Crippen LogP contribution is -2.55. The van der Waals surface area contributed by atoms with Gasteiger partial charge in [0.1, 0.15) is 11.4 Å². The molecule has 0 aliphatic carbocycles. The third kappa shape index (κ3) is 1.97. The molecule has 3 heterocycles. The largest absolute Gasteiger partial charge is 0.355 e. The Hall–Kier alpha value is -2.70. The molecule has 124 valence electrons. The van der Waals surface area contributed by atoms with Crippen LogP contribution in [0, 0.1) is 0 Å². The van der Waals surface area contributed by atoms with E-state index >= 15 is 0 Å². The summed E-state index contributed by atoms with van der Waals surface area (Å²) in [7, 11) is 3.27. The van der Waals surface area contributed by atoms with Crippen molar-refractivity contribution >= 4 is 28.8 Å². The van der Waals surface area contributed by atoms with Gasteiger partial charge in [0, 0.05) is 27.2 Å². The van der Waals surface area contributed by atoms with Gasteiger partial charge in [-0.2, -0.15) is 0 Å². The van der Waals surface area contributed by atoms with Crippen molar-refractivity contribution in [3.8, 4) is 0 Å². The zero-order chi connectivity index (χ0) is 16.9. The molecular weight excluding hydrogens is 306 g/mol. The molecule has 0 N–H and O–H groups in total. The monoisotopic (exact) mass is 325 g/mol. The first-order valence-corrected chi connectivity index (χ1v) is 8.06. The molecule has 2 aromatic rings. The maximum atomic E-state index is 12.5. The first-order chi connectivity index (χ1) is 11.5. The highest BCUT2D eigenvalue weighted by atomic mass is 16.2. The minimum Gasteiger partial charge on any atom is -0.355 e. The van der Waals surface area contributed by atoms with Gasteiger partial charge in [-0.15, -0.1) is 0 Å². The fourth-order valence-electron chi connectivity index (χ4n) is 3.71. The number of hydrogen-bond acceptors (Lipinski definition) is 5. The minimum atomic E-state index is -0.702. The van der Waals surface area contributed by atoms with Crippen LogP contribution in [0.15, 0.2) is 30.5 Å². The van der Waals surface area contributed by atoms with Gasteiger partial charge < -0.3 is 9.80 Å². The lowest BCUT2D eigenvalue weighted by Gasteiger charge is -2.41. The van der Waals surface area contributed by atoms with Gasteiger partial charge in [-0.3, -0.25) is 14.7 Å². The number of aromatic nitrogens is 2. The molecule has 0 bridgehead atoms. The maximum Gasteiger partial charge on any atom is 0.327 e. The van der Waals surface area contributed by atoms with E-state index in [1.165, 1.54) is 4.90 Å². The van der Waals surface area contributed by atoms with Crippen molar-refractivity contribution in [1.29, 1.82) is 0 Å². The van der Waals surface area contributed by atoms with Crippen molar-refractivity contribution in [2.24, 2.45) is 0 Å². The van der Waals surface area contributed by atoms with E-state index in [-0.39, 0.29) is 11.9 Å². The van der Waals surface area contributed by atoms with E-state index in [2.05, 4.69) is 14.9 Å². The Morgan fingerprint density at radius 2 is 1.71 bits per heavy atom. The summed E-state index contributed by atoms with van der Waals surface area (Å²) < 4.78 is 0. The van der Waals surface area contributed by atoms with Crippen LogP contribution in [0.5, 0.6) is 0 Å². The smallest absolute Gasteiger partial charge is 0.327 e. The zero-order valence-electron chi connectivity index (χ0n) is 13.8. The van der Waals surface area contributed by atoms with Crippen LogP contribution in [-0.2, 0) is 4.79 Å². The van der Waals surface area contributed by atoms with E-state index in [9.17, 15) is 9.59 Å². The van der Waals surface area contributed by atoms with Gasteiger partial charge in [0.15, 0.2) is 0 Å². The average Bonchev–Trinajstić information content (AvgIpc) is 2.78. The quantitative estimate of drug-likeness (QED) is 0.743. The van der Waals surface area contributed by atoms with Gasteiger partial charge in [-0.25, -0.2) is 9.78 Å². The summed E-state index contributed by atoms with van der Waals surface area (Å²) in [6.07, 6.45) is 2.98. The molecule has 3 amide bonds. The topological polar surface area (TPSA) is 69.6 Å². The minimum absolute atomic E-state index is 0.0979. The van der Waals surface area contributed by atoms with E-state index < -0.39 is 5.54 Å². The van der Waals surface area contributed by atoms with Crippen LogP contribution >= 0.6 is 0 Å². The predicted molar refractivity (Wildman–Crippen MR) is 89.6 cm³/mol. The molecule has 24 heavy (non-hydrogen) atoms. The number of nitrogens with zero attached hydrogens (tertiary/aromatic N) is 5. The molecular formula is C17H19N5O2. The molecule has 0 unspecified atom stereocenters. The molecule has 4 rings (SSSR count). The molecule has 1 aromatic carbocycles. The van der Waals surface area contributed by atoms with Crippen molar-refractivity contribution in [2.45, 2.75) is 18.4 Å². The van der Waals surface area contributed by atoms with Gasteiger partial charge in [0.2, 0.25) is 0 Å². The lowest BCUT2D eigenvalue weighted by atomic mass is 9.86. The van der Waals surface area contributed by atoms with Crippen LogP contribution in [0.3, 0.4) is 0 Å². The number of urea groups is 1. The molecule has 0 atom stereocenters. The number of piperidine rings is 1. The molecule has 0 saturated carbocycles. The van der Waals surface area contributed by atoms with Crippen LogP contribution < -0.4 is 4.90 Å². The number of hydrogen-bond donors (Lipinski definition) is 0. The van der Waals surface area contributed by atoms with Crippen molar-refractivity contribution < 1.29 is 9.59 Å². The Bertz CT molecular complexity index is 829. The normalized spacial score (nSPS) is 20.5. The third-order valence-corrected chi connectivity index (χ3v) is 5.27. The number of likely N-dealkylation sites (N-methyl/N-ethyl adjacent to an activating group) is 2. The summed E-state index contributed by atoms with van der Waals surface area (Å²) in [6.45, 7) is 1.34. The van der Waals surface area contributed by atoms with Crippen LogP contribution in [0.2, 0.25) is 0 Å². The summed E-state index contributed by atoms with van der Waals surface area (Å²) in [5, 5.41) is 0. The van der Waals surface area contributed by atoms with E-state index in [4.69, 9.17) is 0 Å². The second-order valence-corrected chi connectivity index (χ2v) is 6.44. The Morgan fingerprint density at radius 1 is 1.04 bits per heavy atom. The molecule has 2 aliphatic rings. The molecule has 2 aliphatic heterocycles. The average molecular weight is 325 g/mol. The van der Waals surface area contributed by atoms with Crippen molar-refractivity contribution in [1.82, 2.24) is 19.8 Å². The van der Waals surface area contributed by atoms with Gasteiger partial charge in [-0.1, -0.05) is 12.1 Å². The highest BCUT2D eigenvalue weighted by molar-refractivity contribution is 6.06. The fraction of sp³-hybridized carbons (Fsp3) is 0.412. The molecule has 1 spiro atoms. The fourth-order valence-corrected chi connectivity index (χ4v) is 3.71. The Balaban J connectivity index is 1.57. The van der Waals surface area contributed by atoms with Crippen molar-refractivity contribution in [3.63, 3.8) is 0 Å². The first-order valence-electron chi connectivity index (χ1n) is 8.06. The summed E-state index contributed by atoms with van der Waals surface area (Å²) in [5.74, 6) is 0.718. The molecule has 2 saturated heterocycles. The third-order valence-electron chi connectivity index (χ3n) is 5.27. The number of rotatable bonds is 1. The molecule has 1 aromatic heterocycles. The van der Waals surface area contributed by atoms with Gasteiger partial charge >= 0.3 is 6.03 Å². The number of anilines is 1. The number of carbonyl (C=O) groups excluding carboxylic acids is 2. The molecule has 7 nitrogen and oxygen atoms in total. The lowest BCUT2D eigenvalue weighted by molar-refractivity contribution is -0.133. The van der Waals surface area contributed by atoms with Crippen LogP contribution in [0.1, 0.15) is 12.8 Å². The molecule has 2 fully saturated rings. The zero-order valence-corrected chi connectivity index (χ0v) is 13.8. The van der Waals surface area contributed by atoms with Crippen LogP contribution in [-0.4, -0.2) is 64.4 Å². The summed E-state index contributed by atoms with van der Waals surface area (Å²) in [5.41, 5.74) is 1.03. The Kier molecular flexibility index (Phi) is 3.19. The number of benzene rings is 1. The summed E-state index contributed by atoms with van der Waals surface area (Å²) >= 11 is 0. The Morgan fingerprint density at radius 3 is 2.33 bits per heavy atom. The van der Waals surface area contributed by atoms with E-state index in [0.717, 1.165) is 16.9 Å². The summed E-state index contributed by atoms with van der Waals surface area (Å²) in [4.78, 5) is 38.7. The first kappa shape index (κ1) is 14.9.